The highest BCUT2D eigenvalue weighted by atomic mass is 19.3. The van der Waals surface area contributed by atoms with Crippen molar-refractivity contribution in [2.75, 3.05) is 19.8 Å². The van der Waals surface area contributed by atoms with E-state index in [2.05, 4.69) is 20.4 Å². The highest BCUT2D eigenvalue weighted by Crippen LogP contribution is 2.21. The van der Waals surface area contributed by atoms with Crippen molar-refractivity contribution in [2.24, 2.45) is 0 Å². The van der Waals surface area contributed by atoms with Gasteiger partial charge in [-0.15, -0.1) is 0 Å². The number of carbonyl (C=O) groups is 1. The number of aromatic nitrogens is 4. The second-order valence-electron chi connectivity index (χ2n) is 7.42. The number of carbonyl (C=O) groups excluding carboxylic acids is 1. The molecule has 3 rings (SSSR count). The summed E-state index contributed by atoms with van der Waals surface area (Å²) in [6, 6.07) is 3.53. The van der Waals surface area contributed by atoms with Gasteiger partial charge in [0.05, 0.1) is 36.1 Å². The molecule has 166 valence electrons. The summed E-state index contributed by atoms with van der Waals surface area (Å²) < 4.78 is 32.8. The zero-order valence-electron chi connectivity index (χ0n) is 17.4. The number of nitrogens with zero attached hydrogens (tertiary/aromatic N) is 4. The molecule has 31 heavy (non-hydrogen) atoms. The first-order chi connectivity index (χ1) is 14.7. The topological polar surface area (TPSA) is 102 Å². The highest BCUT2D eigenvalue weighted by Gasteiger charge is 2.22. The quantitative estimate of drug-likeness (QED) is 0.476. The van der Waals surface area contributed by atoms with Gasteiger partial charge in [-0.3, -0.25) is 19.4 Å². The van der Waals surface area contributed by atoms with Gasteiger partial charge >= 0.3 is 0 Å². The van der Waals surface area contributed by atoms with Gasteiger partial charge in [-0.1, -0.05) is 0 Å². The van der Waals surface area contributed by atoms with E-state index in [1.807, 2.05) is 0 Å². The maximum Gasteiger partial charge on any atom is 0.278 e. The van der Waals surface area contributed by atoms with Gasteiger partial charge in [0.1, 0.15) is 5.75 Å². The molecule has 8 nitrogen and oxygen atoms in total. The predicted octanol–water partition coefficient (Wildman–Crippen LogP) is 2.26. The second-order valence-corrected chi connectivity index (χ2v) is 7.42. The summed E-state index contributed by atoms with van der Waals surface area (Å²) >= 11 is 0. The van der Waals surface area contributed by atoms with Gasteiger partial charge < -0.3 is 15.2 Å². The van der Waals surface area contributed by atoms with Gasteiger partial charge in [-0.2, -0.15) is 5.10 Å². The lowest BCUT2D eigenvalue weighted by atomic mass is 10.2. The Balaban J connectivity index is 1.71. The Kier molecular flexibility index (Phi) is 7.11. The highest BCUT2D eigenvalue weighted by molar-refractivity contribution is 5.86. The van der Waals surface area contributed by atoms with Gasteiger partial charge in [0.25, 0.3) is 5.92 Å². The Labute approximate surface area is 178 Å². The third-order valence-electron chi connectivity index (χ3n) is 4.47. The van der Waals surface area contributed by atoms with E-state index in [-0.39, 0.29) is 18.9 Å². The number of hydrogen-bond acceptors (Lipinski definition) is 6. The summed E-state index contributed by atoms with van der Waals surface area (Å²) in [5, 5.41) is 16.8. The number of pyridine rings is 2. The fraction of sp³-hybridized carbons (Fsp3) is 0.429. The van der Waals surface area contributed by atoms with Crippen LogP contribution in [0.15, 0.2) is 30.7 Å². The number of ether oxygens (including phenoxy) is 1. The minimum Gasteiger partial charge on any atom is -0.485 e. The van der Waals surface area contributed by atoms with Gasteiger partial charge in [-0.25, -0.2) is 8.78 Å². The number of aryl methyl sites for hydroxylation is 1. The molecule has 0 unspecified atom stereocenters. The molecule has 0 spiro atoms. The van der Waals surface area contributed by atoms with Crippen molar-refractivity contribution in [2.45, 2.75) is 39.2 Å². The Hall–Kier alpha value is -3.14. The van der Waals surface area contributed by atoms with E-state index in [1.165, 1.54) is 6.20 Å². The monoisotopic (exact) mass is 433 g/mol. The van der Waals surface area contributed by atoms with E-state index in [0.29, 0.717) is 47.7 Å². The summed E-state index contributed by atoms with van der Waals surface area (Å²) in [5.74, 6) is -2.77. The average Bonchev–Trinajstić information content (AvgIpc) is 3.10. The Morgan fingerprint density at radius 3 is 2.87 bits per heavy atom. The first-order valence-corrected chi connectivity index (χ1v) is 9.90. The smallest absolute Gasteiger partial charge is 0.278 e. The SMILES string of the molecule is Cc1cc(Cn2cc3c(CC(=O)NCCCO)nccc3n2)ncc1OCC(C)(F)F. The molecule has 0 aliphatic carbocycles. The van der Waals surface area contributed by atoms with Crippen LogP contribution in [0.2, 0.25) is 0 Å². The number of fused-ring (bicyclic) bond motifs is 1. The number of nitrogens with one attached hydrogen (secondary N) is 1. The normalized spacial score (nSPS) is 11.6. The Morgan fingerprint density at radius 1 is 1.35 bits per heavy atom. The summed E-state index contributed by atoms with van der Waals surface area (Å²) in [4.78, 5) is 20.7. The molecule has 0 saturated heterocycles. The molecule has 0 saturated carbocycles. The lowest BCUT2D eigenvalue weighted by molar-refractivity contribution is -0.120. The number of aliphatic hydroxyl groups is 1. The van der Waals surface area contributed by atoms with Crippen molar-refractivity contribution in [1.29, 1.82) is 0 Å². The lowest BCUT2D eigenvalue weighted by Gasteiger charge is -2.14. The van der Waals surface area contributed by atoms with Crippen molar-refractivity contribution in [3.63, 3.8) is 0 Å². The van der Waals surface area contributed by atoms with Gasteiger partial charge in [-0.05, 0) is 31.0 Å². The molecule has 0 atom stereocenters. The zero-order chi connectivity index (χ0) is 22.4. The fourth-order valence-corrected chi connectivity index (χ4v) is 3.00. The summed E-state index contributed by atoms with van der Waals surface area (Å²) in [6.07, 6.45) is 5.45. The Bertz CT molecular complexity index is 1050. The van der Waals surface area contributed by atoms with Gasteiger partial charge in [0, 0.05) is 37.9 Å². The summed E-state index contributed by atoms with van der Waals surface area (Å²) in [5.41, 5.74) is 2.71. The standard InChI is InChI=1S/C21H25F2N5O3/c1-14-8-15(26-10-19(14)31-13-21(2,22)23)11-28-12-16-17(27-28)4-6-24-18(16)9-20(30)25-5-3-7-29/h4,6,8,10,12,29H,3,5,7,9,11,13H2,1-2H3,(H,25,30). The lowest BCUT2D eigenvalue weighted by Crippen LogP contribution is -2.26. The van der Waals surface area contributed by atoms with Gasteiger partial charge in [0.2, 0.25) is 5.91 Å². The van der Waals surface area contributed by atoms with Crippen LogP contribution in [0.4, 0.5) is 8.78 Å². The molecule has 0 aliphatic heterocycles. The van der Waals surface area contributed by atoms with Crippen LogP contribution < -0.4 is 10.1 Å². The van der Waals surface area contributed by atoms with E-state index in [9.17, 15) is 13.6 Å². The van der Waals surface area contributed by atoms with E-state index in [0.717, 1.165) is 12.3 Å². The third-order valence-corrected chi connectivity index (χ3v) is 4.47. The van der Waals surface area contributed by atoms with Crippen LogP contribution in [0, 0.1) is 6.92 Å². The molecule has 0 bridgehead atoms. The van der Waals surface area contributed by atoms with Crippen LogP contribution >= 0.6 is 0 Å². The van der Waals surface area contributed by atoms with E-state index >= 15 is 0 Å². The summed E-state index contributed by atoms with van der Waals surface area (Å²) in [7, 11) is 0. The first-order valence-electron chi connectivity index (χ1n) is 9.90. The van der Waals surface area contributed by atoms with E-state index in [1.54, 1.807) is 36.1 Å². The number of rotatable bonds is 10. The number of aliphatic hydroxyl groups excluding tert-OH is 1. The molecule has 10 heteroatoms. The van der Waals surface area contributed by atoms with Crippen LogP contribution in [0.25, 0.3) is 10.9 Å². The molecule has 3 aromatic heterocycles. The van der Waals surface area contributed by atoms with Crippen LogP contribution in [-0.2, 0) is 17.8 Å². The first kappa shape index (κ1) is 22.5. The zero-order valence-corrected chi connectivity index (χ0v) is 17.4. The molecule has 3 aromatic rings. The van der Waals surface area contributed by atoms with E-state index < -0.39 is 12.5 Å². The minimum atomic E-state index is -2.91. The molecule has 0 fully saturated rings. The maximum absolute atomic E-state index is 13.0. The van der Waals surface area contributed by atoms with Crippen LogP contribution in [0.1, 0.15) is 30.3 Å². The van der Waals surface area contributed by atoms with Crippen LogP contribution in [-0.4, -0.2) is 56.4 Å². The van der Waals surface area contributed by atoms with Crippen molar-refractivity contribution in [3.05, 3.63) is 47.7 Å². The fourth-order valence-electron chi connectivity index (χ4n) is 3.00. The van der Waals surface area contributed by atoms with Crippen molar-refractivity contribution >= 4 is 16.8 Å². The number of hydrogen-bond donors (Lipinski definition) is 2. The number of amides is 1. The molecule has 0 aliphatic rings. The predicted molar refractivity (Wildman–Crippen MR) is 110 cm³/mol. The van der Waals surface area contributed by atoms with Crippen molar-refractivity contribution in [3.8, 4) is 5.75 Å². The molecular weight excluding hydrogens is 408 g/mol. The summed E-state index contributed by atoms with van der Waals surface area (Å²) in [6.45, 7) is 2.65. The molecule has 1 amide bonds. The third kappa shape index (κ3) is 6.42. The molecule has 3 heterocycles. The Morgan fingerprint density at radius 2 is 2.16 bits per heavy atom. The minimum absolute atomic E-state index is 0.0204. The maximum atomic E-state index is 13.0. The molecular formula is C21H25F2N5O3. The second kappa shape index (κ2) is 9.78. The van der Waals surface area contributed by atoms with Crippen molar-refractivity contribution in [1.82, 2.24) is 25.1 Å². The van der Waals surface area contributed by atoms with Crippen molar-refractivity contribution < 1.29 is 23.4 Å². The van der Waals surface area contributed by atoms with Crippen LogP contribution in [0.5, 0.6) is 5.75 Å². The number of halogens is 2. The number of alkyl halides is 2. The van der Waals surface area contributed by atoms with Crippen LogP contribution in [0.3, 0.4) is 0 Å². The molecule has 0 radical (unpaired) electrons. The van der Waals surface area contributed by atoms with E-state index in [4.69, 9.17) is 9.84 Å². The largest absolute Gasteiger partial charge is 0.485 e. The molecule has 2 N–H and O–H groups in total. The average molecular weight is 433 g/mol. The van der Waals surface area contributed by atoms with Gasteiger partial charge in [0.15, 0.2) is 6.61 Å². The molecule has 0 aromatic carbocycles.